The Kier molecular flexibility index (Phi) is 14.9. The van der Waals surface area contributed by atoms with Gasteiger partial charge < -0.3 is 9.80 Å². The molecule has 1 aliphatic rings. The fraction of sp³-hybridized carbons (Fsp3) is 0.359. The summed E-state index contributed by atoms with van der Waals surface area (Å²) in [6, 6.07) is 22.1. The van der Waals surface area contributed by atoms with E-state index in [2.05, 4.69) is 158 Å². The molecule has 1 aliphatic heterocycles. The van der Waals surface area contributed by atoms with Crippen LogP contribution >= 0.6 is 21.6 Å². The van der Waals surface area contributed by atoms with Crippen LogP contribution in [-0.2, 0) is 6.54 Å². The van der Waals surface area contributed by atoms with E-state index in [0.29, 0.717) is 0 Å². The minimum atomic E-state index is 1.00. The van der Waals surface area contributed by atoms with E-state index >= 15 is 0 Å². The molecule has 4 nitrogen and oxygen atoms in total. The molecule has 0 saturated heterocycles. The van der Waals surface area contributed by atoms with Gasteiger partial charge in [0.1, 0.15) is 12.7 Å². The second-order valence-corrected chi connectivity index (χ2v) is 14.3. The summed E-state index contributed by atoms with van der Waals surface area (Å²) in [6.07, 6.45) is 24.7. The van der Waals surface area contributed by atoms with Crippen LogP contribution in [0.2, 0.25) is 0 Å². The van der Waals surface area contributed by atoms with Gasteiger partial charge in [-0.15, -0.1) is 0 Å². The van der Waals surface area contributed by atoms with Crippen molar-refractivity contribution in [2.24, 2.45) is 0 Å². The van der Waals surface area contributed by atoms with Gasteiger partial charge in [0.2, 0.25) is 0 Å². The van der Waals surface area contributed by atoms with Crippen molar-refractivity contribution < 1.29 is 9.47 Å². The molecule has 6 heteroatoms. The highest BCUT2D eigenvalue weighted by atomic mass is 33.1. The number of quaternary nitrogens is 1. The highest BCUT2D eigenvalue weighted by molar-refractivity contribution is 8.76. The van der Waals surface area contributed by atoms with Gasteiger partial charge in [-0.05, 0) is 86.6 Å². The molecular weight excluding hydrogens is 589 g/mol. The van der Waals surface area contributed by atoms with E-state index in [9.17, 15) is 0 Å². The van der Waals surface area contributed by atoms with Crippen molar-refractivity contribution in [3.63, 3.8) is 0 Å². The second kappa shape index (κ2) is 19.4. The van der Waals surface area contributed by atoms with Crippen molar-refractivity contribution in [3.8, 4) is 0 Å². The average Bonchev–Trinajstić information content (AvgIpc) is 3.56. The lowest BCUT2D eigenvalue weighted by molar-refractivity contribution is -0.785. The summed E-state index contributed by atoms with van der Waals surface area (Å²) in [5, 5.41) is 0. The van der Waals surface area contributed by atoms with E-state index in [4.69, 9.17) is 0 Å². The highest BCUT2D eigenvalue weighted by Gasteiger charge is 2.06. The van der Waals surface area contributed by atoms with E-state index < -0.39 is 0 Å². The second-order valence-electron chi connectivity index (χ2n) is 11.6. The molecule has 1 aromatic heterocycles. The number of aromatic nitrogens is 1. The largest absolute Gasteiger partial charge is 0.375 e. The van der Waals surface area contributed by atoms with E-state index in [0.717, 1.165) is 26.2 Å². The van der Waals surface area contributed by atoms with Gasteiger partial charge in [0.05, 0.1) is 12.7 Å². The zero-order valence-corrected chi connectivity index (χ0v) is 29.3. The van der Waals surface area contributed by atoms with Gasteiger partial charge in [0, 0.05) is 73.8 Å². The van der Waals surface area contributed by atoms with Crippen molar-refractivity contribution >= 4 is 51.2 Å². The number of anilines is 2. The predicted molar refractivity (Wildman–Crippen MR) is 202 cm³/mol. The number of benzene rings is 2. The van der Waals surface area contributed by atoms with Crippen LogP contribution in [0.5, 0.6) is 0 Å². The summed E-state index contributed by atoms with van der Waals surface area (Å²) in [4.78, 5) is 6.15. The SMILES string of the molecule is CC[n+]1ccc(/C=C/c2ccc(N(C)CCCCSSCCCCN(C)c3ccc(/C=C/C4=C[NH+](CC)C=C4)cc3)cc2)cc1. The third-order valence-corrected chi connectivity index (χ3v) is 10.7. The van der Waals surface area contributed by atoms with Crippen molar-refractivity contribution in [3.05, 3.63) is 120 Å². The molecular formula is C39H52N4S2+2. The zero-order chi connectivity index (χ0) is 31.7. The summed E-state index contributed by atoms with van der Waals surface area (Å²) >= 11 is 0. The monoisotopic (exact) mass is 640 g/mol. The number of rotatable bonds is 19. The van der Waals surface area contributed by atoms with Crippen molar-refractivity contribution in [1.29, 1.82) is 0 Å². The first-order chi connectivity index (χ1) is 22.0. The maximum atomic E-state index is 2.38. The third-order valence-electron chi connectivity index (χ3n) is 8.16. The number of aryl methyl sites for hydroxylation is 1. The van der Waals surface area contributed by atoms with Crippen LogP contribution in [-0.4, -0.2) is 45.2 Å². The molecule has 2 aromatic carbocycles. The summed E-state index contributed by atoms with van der Waals surface area (Å²) in [7, 11) is 8.49. The number of nitrogens with zero attached hydrogens (tertiary/aromatic N) is 3. The number of unbranched alkanes of at least 4 members (excludes halogenated alkanes) is 2. The molecule has 45 heavy (non-hydrogen) atoms. The number of nitrogens with one attached hydrogen (secondary N) is 1. The first kappa shape index (κ1) is 34.7. The zero-order valence-electron chi connectivity index (χ0n) is 27.7. The van der Waals surface area contributed by atoms with Gasteiger partial charge in [0.15, 0.2) is 12.4 Å². The lowest BCUT2D eigenvalue weighted by Crippen LogP contribution is -3.01. The Labute approximate surface area is 280 Å². The summed E-state index contributed by atoms with van der Waals surface area (Å²) in [5.41, 5.74) is 7.57. The molecule has 3 aromatic rings. The molecule has 1 N–H and O–H groups in total. The van der Waals surface area contributed by atoms with Crippen LogP contribution in [0.1, 0.15) is 56.2 Å². The molecule has 0 saturated carbocycles. The highest BCUT2D eigenvalue weighted by Crippen LogP contribution is 2.25. The normalized spacial score (nSPS) is 14.5. The van der Waals surface area contributed by atoms with Crippen LogP contribution in [0.15, 0.2) is 103 Å². The van der Waals surface area contributed by atoms with Gasteiger partial charge in [-0.25, -0.2) is 4.57 Å². The number of hydrogen-bond acceptors (Lipinski definition) is 4. The number of hydrogen-bond donors (Lipinski definition) is 1. The Morgan fingerprint density at radius 1 is 0.644 bits per heavy atom. The molecule has 1 atom stereocenters. The van der Waals surface area contributed by atoms with Crippen molar-refractivity contribution in [2.45, 2.75) is 46.1 Å². The Morgan fingerprint density at radius 2 is 1.13 bits per heavy atom. The van der Waals surface area contributed by atoms with Crippen LogP contribution in [0, 0.1) is 0 Å². The molecule has 0 radical (unpaired) electrons. The molecule has 0 spiro atoms. The Hall–Kier alpha value is -3.19. The van der Waals surface area contributed by atoms with Crippen LogP contribution in [0.3, 0.4) is 0 Å². The molecule has 1 unspecified atom stereocenters. The van der Waals surface area contributed by atoms with Gasteiger partial charge >= 0.3 is 0 Å². The predicted octanol–water partition coefficient (Wildman–Crippen LogP) is 8.01. The number of allylic oxidation sites excluding steroid dienone is 3. The van der Waals surface area contributed by atoms with Gasteiger partial charge in [-0.3, -0.25) is 4.90 Å². The van der Waals surface area contributed by atoms with Gasteiger partial charge in [-0.2, -0.15) is 0 Å². The third kappa shape index (κ3) is 12.3. The molecule has 2 heterocycles. The van der Waals surface area contributed by atoms with Crippen LogP contribution in [0.4, 0.5) is 11.4 Å². The quantitative estimate of drug-likeness (QED) is 0.0811. The molecule has 0 fully saturated rings. The first-order valence-electron chi connectivity index (χ1n) is 16.5. The van der Waals surface area contributed by atoms with E-state index in [1.54, 1.807) is 0 Å². The molecule has 0 aliphatic carbocycles. The van der Waals surface area contributed by atoms with Gasteiger partial charge in [0.25, 0.3) is 0 Å². The summed E-state index contributed by atoms with van der Waals surface area (Å²) in [5.74, 6) is 2.46. The first-order valence-corrected chi connectivity index (χ1v) is 19.0. The molecule has 4 rings (SSSR count). The summed E-state index contributed by atoms with van der Waals surface area (Å²) in [6.45, 7) is 8.65. The fourth-order valence-corrected chi connectivity index (χ4v) is 7.38. The van der Waals surface area contributed by atoms with Crippen LogP contribution in [0.25, 0.3) is 18.2 Å². The minimum Gasteiger partial charge on any atom is -0.375 e. The Balaban J connectivity index is 1.01. The van der Waals surface area contributed by atoms with E-state index in [1.807, 2.05) is 21.6 Å². The van der Waals surface area contributed by atoms with Crippen LogP contribution < -0.4 is 19.3 Å². The van der Waals surface area contributed by atoms with E-state index in [-0.39, 0.29) is 0 Å². The minimum absolute atomic E-state index is 1.00. The molecule has 238 valence electrons. The smallest absolute Gasteiger partial charge is 0.169 e. The lowest BCUT2D eigenvalue weighted by Gasteiger charge is -2.19. The Bertz CT molecular complexity index is 1390. The average molecular weight is 641 g/mol. The van der Waals surface area contributed by atoms with Gasteiger partial charge in [-0.1, -0.05) is 64.1 Å². The molecule has 0 bridgehead atoms. The van der Waals surface area contributed by atoms with Crippen molar-refractivity contribution in [1.82, 2.24) is 0 Å². The lowest BCUT2D eigenvalue weighted by atomic mass is 10.1. The Morgan fingerprint density at radius 3 is 1.60 bits per heavy atom. The van der Waals surface area contributed by atoms with Crippen molar-refractivity contribution in [2.75, 3.05) is 55.0 Å². The fourth-order valence-electron chi connectivity index (χ4n) is 5.09. The van der Waals surface area contributed by atoms with E-state index in [1.165, 1.54) is 75.7 Å². The maximum Gasteiger partial charge on any atom is 0.169 e. The maximum absolute atomic E-state index is 2.38. The topological polar surface area (TPSA) is 14.8 Å². The number of pyridine rings is 1. The standard InChI is InChI=1S/C39H51N4S2/c1-5-42-28-23-36(24-29-42)12-11-34-15-19-38(20-16-34)40(3)26-7-9-31-44-45-32-10-8-27-41(4)39-21-17-35(18-22-39)13-14-37-25-30-43(6-2)33-37/h11-25,28-30,33H,5-10,26-27,31-32H2,1-4H3/q+1/p+1/b14-13+. The molecule has 0 amide bonds. The summed E-state index contributed by atoms with van der Waals surface area (Å²) < 4.78 is 2.18.